The molecule has 1 aliphatic heterocycles. The van der Waals surface area contributed by atoms with Gasteiger partial charge in [-0.1, -0.05) is 12.8 Å². The topological polar surface area (TPSA) is 30.5 Å². The van der Waals surface area contributed by atoms with Crippen LogP contribution in [0.3, 0.4) is 0 Å². The second-order valence-electron chi connectivity index (χ2n) is 5.50. The summed E-state index contributed by atoms with van der Waals surface area (Å²) in [4.78, 5) is 0. The lowest BCUT2D eigenvalue weighted by Gasteiger charge is -2.30. The maximum atomic E-state index is 6.09. The minimum absolute atomic E-state index is 0.329. The van der Waals surface area contributed by atoms with Crippen LogP contribution in [0.15, 0.2) is 0 Å². The van der Waals surface area contributed by atoms with Crippen molar-refractivity contribution in [3.8, 4) is 0 Å². The van der Waals surface area contributed by atoms with Gasteiger partial charge in [0.05, 0.1) is 18.8 Å². The first kappa shape index (κ1) is 11.0. The Bertz CT molecular complexity index is 228. The molecule has 0 unspecified atom stereocenters. The van der Waals surface area contributed by atoms with Crippen molar-refractivity contribution < 1.29 is 9.47 Å². The predicted molar refractivity (Wildman–Crippen MR) is 62.5 cm³/mol. The Morgan fingerprint density at radius 3 is 2.88 bits per heavy atom. The Morgan fingerprint density at radius 2 is 2.00 bits per heavy atom. The first-order chi connectivity index (χ1) is 7.93. The molecule has 0 amide bonds. The van der Waals surface area contributed by atoms with Crippen molar-refractivity contribution in [3.63, 3.8) is 0 Å². The fourth-order valence-corrected chi connectivity index (χ4v) is 3.43. The molecule has 1 heterocycles. The third-order valence-corrected chi connectivity index (χ3v) is 4.36. The molecule has 0 aromatic heterocycles. The van der Waals surface area contributed by atoms with E-state index in [2.05, 4.69) is 5.32 Å². The number of morpholine rings is 1. The molecule has 1 N–H and O–H groups in total. The standard InChI is InChI=1S/C13H23NO2/c1-2-4-10(3-1)9-16-12-6-5-11-13(12)15-8-7-14-11/h10-14H,1-9H2/t11-,12+,13+/m0/s1. The van der Waals surface area contributed by atoms with Gasteiger partial charge in [-0.2, -0.15) is 0 Å². The molecule has 0 radical (unpaired) electrons. The maximum Gasteiger partial charge on any atom is 0.0989 e. The van der Waals surface area contributed by atoms with Gasteiger partial charge in [0.25, 0.3) is 0 Å². The molecule has 16 heavy (non-hydrogen) atoms. The van der Waals surface area contributed by atoms with E-state index >= 15 is 0 Å². The summed E-state index contributed by atoms with van der Waals surface area (Å²) in [5.41, 5.74) is 0. The largest absolute Gasteiger partial charge is 0.375 e. The Hall–Kier alpha value is -0.120. The smallest absolute Gasteiger partial charge is 0.0989 e. The normalized spacial score (nSPS) is 40.1. The van der Waals surface area contributed by atoms with Crippen molar-refractivity contribution in [2.75, 3.05) is 19.8 Å². The van der Waals surface area contributed by atoms with Crippen molar-refractivity contribution in [1.82, 2.24) is 5.32 Å². The molecule has 92 valence electrons. The number of ether oxygens (including phenoxy) is 2. The van der Waals surface area contributed by atoms with Gasteiger partial charge in [0.15, 0.2) is 0 Å². The number of hydrogen-bond acceptors (Lipinski definition) is 3. The summed E-state index contributed by atoms with van der Waals surface area (Å²) < 4.78 is 11.9. The second kappa shape index (κ2) is 5.03. The highest BCUT2D eigenvalue weighted by atomic mass is 16.5. The zero-order valence-electron chi connectivity index (χ0n) is 9.99. The van der Waals surface area contributed by atoms with Crippen LogP contribution in [-0.4, -0.2) is 38.0 Å². The molecule has 3 fully saturated rings. The first-order valence-corrected chi connectivity index (χ1v) is 6.90. The molecule has 0 aromatic rings. The molecule has 0 aromatic carbocycles. The van der Waals surface area contributed by atoms with Crippen LogP contribution in [0.25, 0.3) is 0 Å². The number of fused-ring (bicyclic) bond motifs is 1. The van der Waals surface area contributed by atoms with Crippen molar-refractivity contribution in [2.24, 2.45) is 5.92 Å². The van der Waals surface area contributed by atoms with Gasteiger partial charge in [0.1, 0.15) is 0 Å². The Labute approximate surface area is 97.9 Å². The second-order valence-corrected chi connectivity index (χ2v) is 5.50. The van der Waals surface area contributed by atoms with E-state index in [1.807, 2.05) is 0 Å². The fraction of sp³-hybridized carbons (Fsp3) is 1.00. The monoisotopic (exact) mass is 225 g/mol. The van der Waals surface area contributed by atoms with Crippen LogP contribution in [0.5, 0.6) is 0 Å². The van der Waals surface area contributed by atoms with E-state index in [0.29, 0.717) is 18.2 Å². The van der Waals surface area contributed by atoms with Crippen molar-refractivity contribution in [1.29, 1.82) is 0 Å². The molecule has 3 rings (SSSR count). The van der Waals surface area contributed by atoms with Gasteiger partial charge in [-0.05, 0) is 31.6 Å². The lowest BCUT2D eigenvalue weighted by atomic mass is 10.1. The zero-order valence-corrected chi connectivity index (χ0v) is 9.99. The SMILES string of the molecule is C1CCC(CO[C@@H]2CC[C@@H]3NCCO[C@H]32)C1. The molecular formula is C13H23NO2. The van der Waals surface area contributed by atoms with Crippen LogP contribution in [0.4, 0.5) is 0 Å². The van der Waals surface area contributed by atoms with Crippen LogP contribution in [0, 0.1) is 5.92 Å². The summed E-state index contributed by atoms with van der Waals surface area (Å²) in [6.07, 6.45) is 8.65. The van der Waals surface area contributed by atoms with Gasteiger partial charge >= 0.3 is 0 Å². The lowest BCUT2D eigenvalue weighted by Crippen LogP contribution is -2.49. The van der Waals surface area contributed by atoms with E-state index in [4.69, 9.17) is 9.47 Å². The molecule has 2 saturated carbocycles. The van der Waals surface area contributed by atoms with Gasteiger partial charge in [0, 0.05) is 19.2 Å². The van der Waals surface area contributed by atoms with Crippen molar-refractivity contribution in [3.05, 3.63) is 0 Å². The lowest BCUT2D eigenvalue weighted by molar-refractivity contribution is -0.0847. The van der Waals surface area contributed by atoms with Gasteiger partial charge in [-0.25, -0.2) is 0 Å². The summed E-state index contributed by atoms with van der Waals surface area (Å²) in [7, 11) is 0. The molecular weight excluding hydrogens is 202 g/mol. The highest BCUT2D eigenvalue weighted by Gasteiger charge is 2.39. The number of rotatable bonds is 3. The molecule has 3 nitrogen and oxygen atoms in total. The van der Waals surface area contributed by atoms with Crippen LogP contribution < -0.4 is 5.32 Å². The summed E-state index contributed by atoms with van der Waals surface area (Å²) in [5, 5.41) is 3.53. The average molecular weight is 225 g/mol. The third kappa shape index (κ3) is 2.27. The summed E-state index contributed by atoms with van der Waals surface area (Å²) in [6, 6.07) is 0.558. The Balaban J connectivity index is 1.47. The summed E-state index contributed by atoms with van der Waals surface area (Å²) in [5.74, 6) is 0.829. The minimum atomic E-state index is 0.329. The fourth-order valence-electron chi connectivity index (χ4n) is 3.43. The summed E-state index contributed by atoms with van der Waals surface area (Å²) in [6.45, 7) is 2.83. The molecule has 0 spiro atoms. The van der Waals surface area contributed by atoms with E-state index in [0.717, 1.165) is 25.7 Å². The highest BCUT2D eigenvalue weighted by molar-refractivity contribution is 4.94. The molecule has 2 aliphatic carbocycles. The molecule has 3 aliphatic rings. The third-order valence-electron chi connectivity index (χ3n) is 4.36. The van der Waals surface area contributed by atoms with Gasteiger partial charge in [0.2, 0.25) is 0 Å². The Kier molecular flexibility index (Phi) is 3.46. The Morgan fingerprint density at radius 1 is 1.12 bits per heavy atom. The molecule has 3 atom stereocenters. The van der Waals surface area contributed by atoms with Gasteiger partial charge < -0.3 is 14.8 Å². The van der Waals surface area contributed by atoms with Crippen molar-refractivity contribution in [2.45, 2.75) is 56.8 Å². The first-order valence-electron chi connectivity index (χ1n) is 6.90. The molecule has 0 bridgehead atoms. The van der Waals surface area contributed by atoms with Crippen LogP contribution >= 0.6 is 0 Å². The maximum absolute atomic E-state index is 6.09. The predicted octanol–water partition coefficient (Wildman–Crippen LogP) is 1.71. The minimum Gasteiger partial charge on any atom is -0.375 e. The van der Waals surface area contributed by atoms with Crippen LogP contribution in [-0.2, 0) is 9.47 Å². The quantitative estimate of drug-likeness (QED) is 0.793. The molecule has 1 saturated heterocycles. The molecule has 3 heteroatoms. The van der Waals surface area contributed by atoms with E-state index in [9.17, 15) is 0 Å². The van der Waals surface area contributed by atoms with E-state index in [-0.39, 0.29) is 0 Å². The average Bonchev–Trinajstić information content (AvgIpc) is 2.96. The van der Waals surface area contributed by atoms with Gasteiger partial charge in [-0.3, -0.25) is 0 Å². The zero-order chi connectivity index (χ0) is 10.8. The number of hydrogen-bond donors (Lipinski definition) is 1. The van der Waals surface area contributed by atoms with Crippen molar-refractivity contribution >= 4 is 0 Å². The van der Waals surface area contributed by atoms with Gasteiger partial charge in [-0.15, -0.1) is 0 Å². The summed E-state index contributed by atoms with van der Waals surface area (Å²) >= 11 is 0. The number of nitrogens with one attached hydrogen (secondary N) is 1. The van der Waals surface area contributed by atoms with E-state index in [1.54, 1.807) is 0 Å². The van der Waals surface area contributed by atoms with E-state index < -0.39 is 0 Å². The highest BCUT2D eigenvalue weighted by Crippen LogP contribution is 2.30. The van der Waals surface area contributed by atoms with E-state index in [1.165, 1.54) is 38.5 Å². The van der Waals surface area contributed by atoms with Crippen LogP contribution in [0.1, 0.15) is 38.5 Å². The van der Waals surface area contributed by atoms with Crippen LogP contribution in [0.2, 0.25) is 0 Å².